The van der Waals surface area contributed by atoms with E-state index in [1.165, 1.54) is 42.3 Å². The van der Waals surface area contributed by atoms with Gasteiger partial charge in [-0.3, -0.25) is 4.79 Å². The predicted molar refractivity (Wildman–Crippen MR) is 125 cm³/mol. The molecule has 0 spiro atoms. The fraction of sp³-hybridized carbons (Fsp3) is 0.261. The monoisotopic (exact) mass is 507 g/mol. The molecule has 1 aromatic carbocycles. The second-order valence-electron chi connectivity index (χ2n) is 7.59. The maximum absolute atomic E-state index is 12.9. The van der Waals surface area contributed by atoms with Crippen molar-refractivity contribution in [3.05, 3.63) is 80.2 Å². The molecule has 34 heavy (non-hydrogen) atoms. The quantitative estimate of drug-likeness (QED) is 0.543. The van der Waals surface area contributed by atoms with Crippen LogP contribution < -0.4 is 5.32 Å². The molecule has 4 rings (SSSR count). The molecular weight excluding hydrogens is 487 g/mol. The number of carbonyl (C=O) groups excluding carboxylic acids is 2. The van der Waals surface area contributed by atoms with E-state index in [2.05, 4.69) is 10.3 Å². The number of nitrogens with zero attached hydrogens (tertiary/aromatic N) is 2. The minimum atomic E-state index is -4.45. The van der Waals surface area contributed by atoms with Gasteiger partial charge in [-0.05, 0) is 52.4 Å². The topological polar surface area (TPSA) is 71.0 Å². The Morgan fingerprint density at radius 2 is 2.06 bits per heavy atom. The molecule has 1 aromatic heterocycles. The number of benzene rings is 1. The Hall–Kier alpha value is -3.05. The molecular formula is C23H20F3N3O3S2. The van der Waals surface area contributed by atoms with Gasteiger partial charge in [0.2, 0.25) is 5.91 Å². The first-order valence-electron chi connectivity index (χ1n) is 10.2. The number of rotatable bonds is 6. The minimum Gasteiger partial charge on any atom is -0.466 e. The number of aliphatic imine (C=N–C) groups is 1. The van der Waals surface area contributed by atoms with Crippen LogP contribution in [0.15, 0.2) is 68.5 Å². The van der Waals surface area contributed by atoms with Crippen LogP contribution in [0, 0.1) is 0 Å². The van der Waals surface area contributed by atoms with Gasteiger partial charge in [-0.2, -0.15) is 24.5 Å². The molecule has 1 unspecified atom stereocenters. The molecule has 2 aliphatic rings. The van der Waals surface area contributed by atoms with Gasteiger partial charge in [-0.1, -0.05) is 23.9 Å². The number of hydrogen-bond acceptors (Lipinski definition) is 7. The van der Waals surface area contributed by atoms with Crippen LogP contribution in [0.3, 0.4) is 0 Å². The van der Waals surface area contributed by atoms with Crippen molar-refractivity contribution in [3.63, 3.8) is 0 Å². The second-order valence-corrected chi connectivity index (χ2v) is 9.21. The van der Waals surface area contributed by atoms with Crippen LogP contribution in [0.4, 0.5) is 13.2 Å². The zero-order valence-electron chi connectivity index (χ0n) is 18.2. The van der Waals surface area contributed by atoms with Gasteiger partial charge in [0.25, 0.3) is 0 Å². The SMILES string of the molecule is COC(=O)C1=C(C)N=C2SC=C(CC(=O)NCc3cccc(C(F)(F)F)c3)N2C1c1ccsc1. The molecule has 1 atom stereocenters. The maximum Gasteiger partial charge on any atom is 0.416 e. The molecule has 2 aliphatic heterocycles. The number of carbonyl (C=O) groups is 2. The lowest BCUT2D eigenvalue weighted by Gasteiger charge is -2.35. The Kier molecular flexibility index (Phi) is 6.85. The van der Waals surface area contributed by atoms with Gasteiger partial charge in [0, 0.05) is 12.2 Å². The summed E-state index contributed by atoms with van der Waals surface area (Å²) < 4.78 is 43.8. The minimum absolute atomic E-state index is 0.0287. The van der Waals surface area contributed by atoms with E-state index < -0.39 is 23.8 Å². The van der Waals surface area contributed by atoms with Crippen molar-refractivity contribution >= 4 is 40.1 Å². The summed E-state index contributed by atoms with van der Waals surface area (Å²) in [5, 5.41) is 8.95. The van der Waals surface area contributed by atoms with Gasteiger partial charge >= 0.3 is 12.1 Å². The number of halogens is 3. The van der Waals surface area contributed by atoms with Crippen molar-refractivity contribution in [2.24, 2.45) is 4.99 Å². The summed E-state index contributed by atoms with van der Waals surface area (Å²) >= 11 is 2.83. The highest BCUT2D eigenvalue weighted by molar-refractivity contribution is 8.16. The number of hydrogen-bond donors (Lipinski definition) is 1. The summed E-state index contributed by atoms with van der Waals surface area (Å²) in [5.74, 6) is -0.859. The lowest BCUT2D eigenvalue weighted by atomic mass is 9.96. The van der Waals surface area contributed by atoms with Crippen LogP contribution in [0.1, 0.15) is 36.1 Å². The number of allylic oxidation sites excluding steroid dienone is 1. The summed E-state index contributed by atoms with van der Waals surface area (Å²) in [6.45, 7) is 1.71. The highest BCUT2D eigenvalue weighted by Crippen LogP contribution is 2.45. The highest BCUT2D eigenvalue weighted by atomic mass is 32.2. The van der Waals surface area contributed by atoms with Crippen molar-refractivity contribution in [1.29, 1.82) is 0 Å². The Balaban J connectivity index is 1.51. The number of esters is 1. The lowest BCUT2D eigenvalue weighted by Crippen LogP contribution is -2.37. The zero-order chi connectivity index (χ0) is 24.5. The Morgan fingerprint density at radius 1 is 1.26 bits per heavy atom. The van der Waals surface area contributed by atoms with E-state index in [1.54, 1.807) is 12.3 Å². The summed E-state index contributed by atoms with van der Waals surface area (Å²) in [5.41, 5.74) is 2.03. The molecule has 6 nitrogen and oxygen atoms in total. The molecule has 1 N–H and O–H groups in total. The first-order chi connectivity index (χ1) is 16.2. The molecule has 11 heteroatoms. The van der Waals surface area contributed by atoms with Crippen molar-refractivity contribution in [3.8, 4) is 0 Å². The van der Waals surface area contributed by atoms with E-state index in [0.717, 1.165) is 17.7 Å². The van der Waals surface area contributed by atoms with Gasteiger partial charge in [-0.25, -0.2) is 9.79 Å². The smallest absolute Gasteiger partial charge is 0.416 e. The van der Waals surface area contributed by atoms with E-state index in [4.69, 9.17) is 4.74 Å². The third-order valence-corrected chi connectivity index (χ3v) is 6.94. The number of ether oxygens (including phenoxy) is 1. The van der Waals surface area contributed by atoms with Crippen molar-refractivity contribution in [2.75, 3.05) is 7.11 Å². The van der Waals surface area contributed by atoms with Crippen molar-refractivity contribution in [2.45, 2.75) is 32.1 Å². The molecule has 178 valence electrons. The van der Waals surface area contributed by atoms with Crippen LogP contribution in [-0.2, 0) is 27.0 Å². The lowest BCUT2D eigenvalue weighted by molar-refractivity contribution is -0.138. The highest BCUT2D eigenvalue weighted by Gasteiger charge is 2.41. The molecule has 0 saturated carbocycles. The number of nitrogens with one attached hydrogen (secondary N) is 1. The maximum atomic E-state index is 12.9. The van der Waals surface area contributed by atoms with Gasteiger partial charge in [0.05, 0.1) is 36.4 Å². The number of thiophene rings is 1. The molecule has 0 bridgehead atoms. The average Bonchev–Trinajstić information content (AvgIpc) is 3.46. The van der Waals surface area contributed by atoms with Crippen molar-refractivity contribution in [1.82, 2.24) is 10.2 Å². The fourth-order valence-corrected chi connectivity index (χ4v) is 5.42. The van der Waals surface area contributed by atoms with Gasteiger partial charge < -0.3 is 15.0 Å². The largest absolute Gasteiger partial charge is 0.466 e. The van der Waals surface area contributed by atoms with E-state index in [1.807, 2.05) is 21.7 Å². The normalized spacial score (nSPS) is 17.8. The number of amides is 1. The first-order valence-corrected chi connectivity index (χ1v) is 12.0. The summed E-state index contributed by atoms with van der Waals surface area (Å²) in [4.78, 5) is 31.7. The molecule has 2 aromatic rings. The average molecular weight is 508 g/mol. The van der Waals surface area contributed by atoms with Gasteiger partial charge in [0.15, 0.2) is 5.17 Å². The van der Waals surface area contributed by atoms with Crippen molar-refractivity contribution < 1.29 is 27.5 Å². The summed E-state index contributed by atoms with van der Waals surface area (Å²) in [6, 6.07) is 6.25. The number of fused-ring (bicyclic) bond motifs is 1. The standard InChI is InChI=1S/C23H20F3N3O3S2/c1-13-19(21(31)32-2)20(15-6-7-33-11-15)29-17(12-34-22(29)28-13)9-18(30)27-10-14-4-3-5-16(8-14)23(24,25)26/h3-8,11-12,20H,9-10H2,1-2H3,(H,27,30). The third-order valence-electron chi connectivity index (χ3n) is 5.35. The number of alkyl halides is 3. The molecule has 0 aliphatic carbocycles. The zero-order valence-corrected chi connectivity index (χ0v) is 19.8. The van der Waals surface area contributed by atoms with Gasteiger partial charge in [0.1, 0.15) is 0 Å². The van der Waals surface area contributed by atoms with E-state index in [9.17, 15) is 22.8 Å². The Labute approximate surface area is 202 Å². The summed E-state index contributed by atoms with van der Waals surface area (Å²) in [6.07, 6.45) is -4.48. The predicted octanol–water partition coefficient (Wildman–Crippen LogP) is 5.22. The number of thioether (sulfide) groups is 1. The fourth-order valence-electron chi connectivity index (χ4n) is 3.77. The van der Waals surface area contributed by atoms with Gasteiger partial charge in [-0.15, -0.1) is 0 Å². The third kappa shape index (κ3) is 4.90. The van der Waals surface area contributed by atoms with Crippen LogP contribution in [0.5, 0.6) is 0 Å². The van der Waals surface area contributed by atoms with Crippen LogP contribution in [0.2, 0.25) is 0 Å². The molecule has 3 heterocycles. The Morgan fingerprint density at radius 3 is 2.74 bits per heavy atom. The molecule has 0 radical (unpaired) electrons. The van der Waals surface area contributed by atoms with E-state index in [-0.39, 0.29) is 18.9 Å². The molecule has 0 saturated heterocycles. The van der Waals surface area contributed by atoms with Crippen LogP contribution in [0.25, 0.3) is 0 Å². The first kappa shape index (κ1) is 24.1. The van der Waals surface area contributed by atoms with Crippen LogP contribution in [-0.4, -0.2) is 29.1 Å². The number of methoxy groups -OCH3 is 1. The second kappa shape index (κ2) is 9.67. The molecule has 0 fully saturated rings. The number of amidine groups is 1. The van der Waals surface area contributed by atoms with E-state index >= 15 is 0 Å². The van der Waals surface area contributed by atoms with E-state index in [0.29, 0.717) is 27.7 Å². The summed E-state index contributed by atoms with van der Waals surface area (Å²) in [7, 11) is 1.31. The Bertz CT molecular complexity index is 1200. The van der Waals surface area contributed by atoms with Crippen LogP contribution >= 0.6 is 23.1 Å². The molecule has 1 amide bonds.